The highest BCUT2D eigenvalue weighted by molar-refractivity contribution is 5.25. The van der Waals surface area contributed by atoms with Gasteiger partial charge in [0.1, 0.15) is 0 Å². The lowest BCUT2D eigenvalue weighted by Crippen LogP contribution is -2.50. The number of allylic oxidation sites excluding steroid dienone is 2. The quantitative estimate of drug-likeness (QED) is 0.424. The van der Waals surface area contributed by atoms with Gasteiger partial charge < -0.3 is 5.11 Å². The number of fused-ring (bicyclic) bond motifs is 5. The summed E-state index contributed by atoms with van der Waals surface area (Å²) in [5, 5.41) is 10.3. The first kappa shape index (κ1) is 23.6. The second-order valence-corrected chi connectivity index (χ2v) is 13.1. The maximum Gasteiger partial charge on any atom is 0.0577 e. The van der Waals surface area contributed by atoms with E-state index in [2.05, 4.69) is 54.2 Å². The predicted octanol–water partition coefficient (Wildman–Crippen LogP) is 8.19. The fraction of sp³-hybridized carbons (Fsp3) is 0.867. The lowest BCUT2D eigenvalue weighted by Gasteiger charge is -2.58. The van der Waals surface area contributed by atoms with Gasteiger partial charge in [-0.2, -0.15) is 0 Å². The third-order valence-corrected chi connectivity index (χ3v) is 11.4. The van der Waals surface area contributed by atoms with E-state index in [1.165, 1.54) is 56.9 Å². The van der Waals surface area contributed by atoms with Crippen LogP contribution < -0.4 is 0 Å². The zero-order valence-corrected chi connectivity index (χ0v) is 21.4. The second kappa shape index (κ2) is 8.66. The van der Waals surface area contributed by atoms with Crippen LogP contribution in [0.5, 0.6) is 0 Å². The van der Waals surface area contributed by atoms with Crippen molar-refractivity contribution in [1.82, 2.24) is 0 Å². The predicted molar refractivity (Wildman–Crippen MR) is 133 cm³/mol. The van der Waals surface area contributed by atoms with Crippen LogP contribution in [-0.2, 0) is 0 Å². The molecule has 3 unspecified atom stereocenters. The van der Waals surface area contributed by atoms with Crippen molar-refractivity contribution in [3.63, 3.8) is 0 Å². The molecule has 1 nitrogen and oxygen atoms in total. The monoisotopic (exact) mass is 426 g/mol. The Hall–Kier alpha value is -0.560. The Labute approximate surface area is 193 Å². The Kier molecular flexibility index (Phi) is 6.59. The normalized spacial score (nSPS) is 44.1. The average Bonchev–Trinajstić information content (AvgIpc) is 3.09. The molecule has 1 heteroatoms. The van der Waals surface area contributed by atoms with Gasteiger partial charge in [-0.05, 0) is 116 Å². The molecule has 31 heavy (non-hydrogen) atoms. The molecular weight excluding hydrogens is 376 g/mol. The number of hydrogen-bond donors (Lipinski definition) is 1. The summed E-state index contributed by atoms with van der Waals surface area (Å²) in [4.78, 5) is 0. The zero-order chi connectivity index (χ0) is 22.6. The second-order valence-electron chi connectivity index (χ2n) is 13.1. The van der Waals surface area contributed by atoms with Crippen LogP contribution in [0.25, 0.3) is 0 Å². The number of aliphatic hydroxyl groups excluding tert-OH is 1. The van der Waals surface area contributed by atoms with E-state index in [4.69, 9.17) is 0 Å². The number of rotatable bonds is 6. The highest BCUT2D eigenvalue weighted by Gasteiger charge is 2.59. The van der Waals surface area contributed by atoms with Gasteiger partial charge in [-0.3, -0.25) is 0 Å². The number of aliphatic hydroxyl groups is 1. The zero-order valence-electron chi connectivity index (χ0n) is 21.4. The maximum atomic E-state index is 10.3. The van der Waals surface area contributed by atoms with E-state index < -0.39 is 0 Å². The fourth-order valence-electron chi connectivity index (χ4n) is 8.93. The van der Waals surface area contributed by atoms with E-state index in [9.17, 15) is 5.11 Å². The molecule has 0 saturated heterocycles. The van der Waals surface area contributed by atoms with Gasteiger partial charge in [0.2, 0.25) is 0 Å². The molecule has 0 amide bonds. The standard InChI is InChI=1S/C30H50O/c1-19(2)22(5)20(3)8-9-21(4)26-12-13-27-25-11-10-23-18-24(31)14-16-29(23,6)28(25)15-17-30(26,27)7/h10,19,21-22,24-28,31H,3,8-9,11-18H2,1-2,4-7H3/t21-,22?,24+,25?,26-,27+,28?,29+,30-/m1/s1. The summed E-state index contributed by atoms with van der Waals surface area (Å²) >= 11 is 0. The van der Waals surface area contributed by atoms with E-state index in [1.807, 2.05) is 0 Å². The van der Waals surface area contributed by atoms with Crippen LogP contribution in [0, 0.1) is 52.3 Å². The van der Waals surface area contributed by atoms with Crippen molar-refractivity contribution in [2.45, 2.75) is 112 Å². The van der Waals surface area contributed by atoms with Gasteiger partial charge >= 0.3 is 0 Å². The molecule has 3 fully saturated rings. The molecule has 0 aromatic heterocycles. The van der Waals surface area contributed by atoms with Gasteiger partial charge in [0.25, 0.3) is 0 Å². The summed E-state index contributed by atoms with van der Waals surface area (Å²) < 4.78 is 0. The summed E-state index contributed by atoms with van der Waals surface area (Å²) in [6, 6.07) is 0. The van der Waals surface area contributed by atoms with Crippen molar-refractivity contribution in [3.05, 3.63) is 23.8 Å². The Bertz CT molecular complexity index is 703. The van der Waals surface area contributed by atoms with Crippen LogP contribution in [0.2, 0.25) is 0 Å². The smallest absolute Gasteiger partial charge is 0.0577 e. The minimum absolute atomic E-state index is 0.0883. The minimum Gasteiger partial charge on any atom is -0.393 e. The third kappa shape index (κ3) is 4.00. The molecule has 9 atom stereocenters. The van der Waals surface area contributed by atoms with Crippen LogP contribution >= 0.6 is 0 Å². The van der Waals surface area contributed by atoms with Gasteiger partial charge in [0.05, 0.1) is 6.10 Å². The Balaban J connectivity index is 1.45. The third-order valence-electron chi connectivity index (χ3n) is 11.4. The van der Waals surface area contributed by atoms with Crippen molar-refractivity contribution >= 4 is 0 Å². The summed E-state index contributed by atoms with van der Waals surface area (Å²) in [6.45, 7) is 19.3. The summed E-state index contributed by atoms with van der Waals surface area (Å²) in [7, 11) is 0. The minimum atomic E-state index is -0.0883. The van der Waals surface area contributed by atoms with Crippen molar-refractivity contribution in [3.8, 4) is 0 Å². The van der Waals surface area contributed by atoms with Gasteiger partial charge in [-0.25, -0.2) is 0 Å². The molecule has 0 aliphatic heterocycles. The molecule has 4 rings (SSSR count). The molecule has 176 valence electrons. The van der Waals surface area contributed by atoms with Crippen LogP contribution in [0.15, 0.2) is 23.8 Å². The van der Waals surface area contributed by atoms with Crippen LogP contribution in [0.1, 0.15) is 106 Å². The SMILES string of the molecule is C=C(CC[C@@H](C)[C@H]1CC[C@H]2C3CC=C4C[C@@H](O)CC[C@]4(C)C3CC[C@]12C)C(C)C(C)C. The molecule has 1 N–H and O–H groups in total. The highest BCUT2D eigenvalue weighted by atomic mass is 16.3. The molecule has 0 spiro atoms. The molecule has 0 aromatic rings. The Morgan fingerprint density at radius 3 is 2.52 bits per heavy atom. The molecule has 0 radical (unpaired) electrons. The molecule has 0 aromatic carbocycles. The molecule has 0 bridgehead atoms. The lowest BCUT2D eigenvalue weighted by atomic mass is 9.47. The summed E-state index contributed by atoms with van der Waals surface area (Å²) in [5.74, 6) is 5.72. The van der Waals surface area contributed by atoms with E-state index in [0.29, 0.717) is 22.7 Å². The van der Waals surface area contributed by atoms with E-state index >= 15 is 0 Å². The van der Waals surface area contributed by atoms with Crippen LogP contribution in [0.4, 0.5) is 0 Å². The molecule has 4 aliphatic carbocycles. The first-order valence-corrected chi connectivity index (χ1v) is 13.6. The Morgan fingerprint density at radius 2 is 1.81 bits per heavy atom. The fourth-order valence-corrected chi connectivity index (χ4v) is 8.93. The van der Waals surface area contributed by atoms with E-state index in [-0.39, 0.29) is 6.10 Å². The maximum absolute atomic E-state index is 10.3. The number of hydrogen-bond acceptors (Lipinski definition) is 1. The van der Waals surface area contributed by atoms with E-state index in [0.717, 1.165) is 42.4 Å². The molecule has 4 aliphatic rings. The largest absolute Gasteiger partial charge is 0.393 e. The molecular formula is C30H50O. The van der Waals surface area contributed by atoms with Gasteiger partial charge in [0.15, 0.2) is 0 Å². The first-order valence-electron chi connectivity index (χ1n) is 13.6. The summed E-state index contributed by atoms with van der Waals surface area (Å²) in [6.07, 6.45) is 15.3. The van der Waals surface area contributed by atoms with Gasteiger partial charge in [-0.15, -0.1) is 0 Å². The molecule has 0 heterocycles. The van der Waals surface area contributed by atoms with Crippen molar-refractivity contribution in [1.29, 1.82) is 0 Å². The van der Waals surface area contributed by atoms with Gasteiger partial charge in [-0.1, -0.05) is 65.3 Å². The van der Waals surface area contributed by atoms with Crippen molar-refractivity contribution in [2.24, 2.45) is 52.3 Å². The highest BCUT2D eigenvalue weighted by Crippen LogP contribution is 2.67. The lowest BCUT2D eigenvalue weighted by molar-refractivity contribution is -0.0571. The van der Waals surface area contributed by atoms with Crippen molar-refractivity contribution < 1.29 is 5.11 Å². The average molecular weight is 427 g/mol. The molecule has 3 saturated carbocycles. The first-order chi connectivity index (χ1) is 14.6. The Morgan fingerprint density at radius 1 is 1.06 bits per heavy atom. The van der Waals surface area contributed by atoms with E-state index in [1.54, 1.807) is 5.57 Å². The summed E-state index contributed by atoms with van der Waals surface area (Å²) in [5.41, 5.74) is 4.00. The van der Waals surface area contributed by atoms with Gasteiger partial charge in [0, 0.05) is 0 Å². The van der Waals surface area contributed by atoms with Crippen LogP contribution in [-0.4, -0.2) is 11.2 Å². The van der Waals surface area contributed by atoms with Crippen molar-refractivity contribution in [2.75, 3.05) is 0 Å². The topological polar surface area (TPSA) is 20.2 Å². The van der Waals surface area contributed by atoms with Crippen LogP contribution in [0.3, 0.4) is 0 Å².